The second-order valence-corrected chi connectivity index (χ2v) is 8.14. The lowest BCUT2D eigenvalue weighted by Crippen LogP contribution is -2.53. The molecule has 0 heterocycles. The van der Waals surface area contributed by atoms with Crippen LogP contribution in [0.2, 0.25) is 0 Å². The van der Waals surface area contributed by atoms with Gasteiger partial charge in [0.1, 0.15) is 6.61 Å². The highest BCUT2D eigenvalue weighted by atomic mass is 35.5. The van der Waals surface area contributed by atoms with Crippen LogP contribution in [0.5, 0.6) is 17.2 Å². The number of allylic oxidation sites excluding steroid dienone is 1. The van der Waals surface area contributed by atoms with E-state index in [4.69, 9.17) is 14.2 Å². The second kappa shape index (κ2) is 11.9. The third-order valence-electron chi connectivity index (χ3n) is 6.01. The molecule has 1 N–H and O–H groups in total. The third-order valence-corrected chi connectivity index (χ3v) is 6.01. The number of halogens is 2. The van der Waals surface area contributed by atoms with E-state index >= 15 is 0 Å². The molecule has 0 aliphatic heterocycles. The van der Waals surface area contributed by atoms with Crippen LogP contribution in [-0.4, -0.2) is 51.2 Å². The Morgan fingerprint density at radius 3 is 2.27 bits per heavy atom. The maximum Gasteiger partial charge on any atom is 0.251 e. The first-order valence-electron chi connectivity index (χ1n) is 10.6. The molecular weight excluding hydrogens is 447 g/mol. The highest BCUT2D eigenvalue weighted by Gasteiger charge is 2.35. The number of ether oxygens (including phenoxy) is 3. The van der Waals surface area contributed by atoms with Crippen LogP contribution < -0.4 is 19.5 Å². The summed E-state index contributed by atoms with van der Waals surface area (Å²) in [4.78, 5) is 15.0. The van der Waals surface area contributed by atoms with Crippen LogP contribution in [0.25, 0.3) is 0 Å². The van der Waals surface area contributed by atoms with E-state index < -0.39 is 0 Å². The molecule has 0 aromatic heterocycles. The number of nitrogens with one attached hydrogen (secondary N) is 1. The fraction of sp³-hybridized carbons (Fsp3) is 0.400. The highest BCUT2D eigenvalue weighted by Crippen LogP contribution is 2.39. The van der Waals surface area contributed by atoms with Crippen LogP contribution in [0.4, 0.5) is 4.39 Å². The monoisotopic (exact) mass is 478 g/mol. The Bertz CT molecular complexity index is 943. The van der Waals surface area contributed by atoms with E-state index in [1.165, 1.54) is 14.2 Å². The molecule has 0 bridgehead atoms. The van der Waals surface area contributed by atoms with Gasteiger partial charge in [-0.1, -0.05) is 36.4 Å². The zero-order valence-corrected chi connectivity index (χ0v) is 20.3. The summed E-state index contributed by atoms with van der Waals surface area (Å²) >= 11 is 0. The summed E-state index contributed by atoms with van der Waals surface area (Å²) in [5.74, 6) is 0.917. The molecule has 0 fully saturated rings. The molecule has 0 saturated heterocycles. The van der Waals surface area contributed by atoms with Gasteiger partial charge in [-0.25, -0.2) is 4.39 Å². The molecule has 8 heteroatoms. The molecule has 1 aliphatic rings. The van der Waals surface area contributed by atoms with E-state index in [2.05, 4.69) is 10.2 Å². The highest BCUT2D eigenvalue weighted by molar-refractivity contribution is 5.95. The molecule has 180 valence electrons. The number of rotatable bonds is 9. The number of hydrogen-bond acceptors (Lipinski definition) is 5. The predicted molar refractivity (Wildman–Crippen MR) is 129 cm³/mol. The minimum absolute atomic E-state index is 0. The predicted octanol–water partition coefficient (Wildman–Crippen LogP) is 4.77. The van der Waals surface area contributed by atoms with Gasteiger partial charge in [0, 0.05) is 24.1 Å². The fourth-order valence-corrected chi connectivity index (χ4v) is 3.81. The van der Waals surface area contributed by atoms with Crippen molar-refractivity contribution in [2.75, 3.05) is 34.9 Å². The number of nitrogens with zero attached hydrogens (tertiary/aromatic N) is 1. The summed E-state index contributed by atoms with van der Waals surface area (Å²) < 4.78 is 30.5. The lowest BCUT2D eigenvalue weighted by molar-refractivity contribution is 0.0872. The van der Waals surface area contributed by atoms with Crippen molar-refractivity contribution in [2.24, 2.45) is 0 Å². The van der Waals surface area contributed by atoms with Crippen LogP contribution >= 0.6 is 12.4 Å². The quantitative estimate of drug-likeness (QED) is 0.562. The van der Waals surface area contributed by atoms with Crippen molar-refractivity contribution < 1.29 is 23.4 Å². The van der Waals surface area contributed by atoms with Crippen LogP contribution in [0.3, 0.4) is 0 Å². The molecule has 0 radical (unpaired) electrons. The van der Waals surface area contributed by atoms with Gasteiger partial charge in [-0.05, 0) is 44.6 Å². The number of benzene rings is 2. The molecule has 0 saturated carbocycles. The lowest BCUT2D eigenvalue weighted by Gasteiger charge is -2.41. The first kappa shape index (κ1) is 26.5. The standard InChI is InChI=1S/C25H31FN2O4.ClH/c1-28(2)25(12-10-20(26)11-13-25)17-27-24(29)19-14-21(30-3)23(22(15-19)31-4)32-16-18-8-6-5-7-9-18;/h5-10,14-15H,11-13,16-17H2,1-4H3,(H,27,29);1H. The summed E-state index contributed by atoms with van der Waals surface area (Å²) in [5, 5.41) is 3.00. The van der Waals surface area contributed by atoms with E-state index in [1.54, 1.807) is 18.2 Å². The maximum atomic E-state index is 13.5. The van der Waals surface area contributed by atoms with Crippen LogP contribution in [0.1, 0.15) is 35.2 Å². The van der Waals surface area contributed by atoms with E-state index in [-0.39, 0.29) is 29.7 Å². The van der Waals surface area contributed by atoms with Crippen LogP contribution in [-0.2, 0) is 6.61 Å². The third kappa shape index (κ3) is 6.39. The summed E-state index contributed by atoms with van der Waals surface area (Å²) in [7, 11) is 6.95. The molecule has 1 atom stereocenters. The van der Waals surface area contributed by atoms with Gasteiger partial charge in [0.15, 0.2) is 11.5 Å². The van der Waals surface area contributed by atoms with Crippen molar-refractivity contribution in [2.45, 2.75) is 31.4 Å². The van der Waals surface area contributed by atoms with E-state index in [1.807, 2.05) is 44.4 Å². The topological polar surface area (TPSA) is 60.0 Å². The second-order valence-electron chi connectivity index (χ2n) is 8.14. The molecule has 1 unspecified atom stereocenters. The summed E-state index contributed by atoms with van der Waals surface area (Å²) in [6.45, 7) is 0.744. The molecule has 0 spiro atoms. The smallest absolute Gasteiger partial charge is 0.251 e. The normalized spacial score (nSPS) is 17.6. The van der Waals surface area contributed by atoms with Crippen molar-refractivity contribution >= 4 is 18.3 Å². The Kier molecular flexibility index (Phi) is 9.56. The van der Waals surface area contributed by atoms with Crippen molar-refractivity contribution in [1.82, 2.24) is 10.2 Å². The molecule has 6 nitrogen and oxygen atoms in total. The van der Waals surface area contributed by atoms with Crippen molar-refractivity contribution in [3.63, 3.8) is 0 Å². The van der Waals surface area contributed by atoms with E-state index in [0.29, 0.717) is 55.2 Å². The molecule has 1 amide bonds. The van der Waals surface area contributed by atoms with Gasteiger partial charge in [0.05, 0.1) is 20.0 Å². The fourth-order valence-electron chi connectivity index (χ4n) is 3.81. The minimum Gasteiger partial charge on any atom is -0.493 e. The lowest BCUT2D eigenvalue weighted by atomic mass is 9.84. The molecule has 3 rings (SSSR count). The zero-order chi connectivity index (χ0) is 23.1. The van der Waals surface area contributed by atoms with Gasteiger partial charge in [-0.2, -0.15) is 0 Å². The van der Waals surface area contributed by atoms with Gasteiger partial charge >= 0.3 is 0 Å². The largest absolute Gasteiger partial charge is 0.493 e. The summed E-state index contributed by atoms with van der Waals surface area (Å²) in [6, 6.07) is 13.0. The SMILES string of the molecule is COc1cc(C(=O)NCC2(N(C)C)CC=C(F)CC2)cc(OC)c1OCc1ccccc1.Cl. The Hall–Kier alpha value is -2.77. The summed E-state index contributed by atoms with van der Waals surface area (Å²) in [6.07, 6.45) is 3.18. The van der Waals surface area contributed by atoms with Gasteiger partial charge in [0.25, 0.3) is 5.91 Å². The number of hydrogen-bond donors (Lipinski definition) is 1. The maximum absolute atomic E-state index is 13.5. The number of likely N-dealkylation sites (N-methyl/N-ethyl adjacent to an activating group) is 1. The number of methoxy groups -OCH3 is 2. The van der Waals surface area contributed by atoms with Crippen molar-refractivity contribution in [3.05, 3.63) is 65.5 Å². The van der Waals surface area contributed by atoms with Crippen LogP contribution in [0, 0.1) is 0 Å². The van der Waals surface area contributed by atoms with Gasteiger partial charge in [-0.15, -0.1) is 12.4 Å². The number of amides is 1. The average molecular weight is 479 g/mol. The first-order valence-corrected chi connectivity index (χ1v) is 10.6. The summed E-state index contributed by atoms with van der Waals surface area (Å²) in [5.41, 5.74) is 1.08. The minimum atomic E-state index is -0.321. The molecule has 1 aliphatic carbocycles. The van der Waals surface area contributed by atoms with Gasteiger partial charge < -0.3 is 24.4 Å². The Morgan fingerprint density at radius 1 is 1.12 bits per heavy atom. The molecule has 33 heavy (non-hydrogen) atoms. The van der Waals surface area contributed by atoms with E-state index in [0.717, 1.165) is 5.56 Å². The van der Waals surface area contributed by atoms with Crippen molar-refractivity contribution in [3.8, 4) is 17.2 Å². The molecular formula is C25H32ClFN2O4. The Morgan fingerprint density at radius 2 is 1.76 bits per heavy atom. The molecule has 2 aromatic carbocycles. The molecule has 2 aromatic rings. The first-order chi connectivity index (χ1) is 15.4. The Labute approximate surface area is 201 Å². The van der Waals surface area contributed by atoms with E-state index in [9.17, 15) is 9.18 Å². The van der Waals surface area contributed by atoms with Crippen LogP contribution in [0.15, 0.2) is 54.4 Å². The zero-order valence-electron chi connectivity index (χ0n) is 19.5. The van der Waals surface area contributed by atoms with Gasteiger partial charge in [0.2, 0.25) is 5.75 Å². The number of carbonyl (C=O) groups excluding carboxylic acids is 1. The van der Waals surface area contributed by atoms with Crippen molar-refractivity contribution in [1.29, 1.82) is 0 Å². The number of carbonyl (C=O) groups is 1. The Balaban J connectivity index is 0.00000385. The average Bonchev–Trinajstić information content (AvgIpc) is 2.82. The van der Waals surface area contributed by atoms with Gasteiger partial charge in [-0.3, -0.25) is 4.79 Å².